The Morgan fingerprint density at radius 3 is 2.75 bits per heavy atom. The fraction of sp³-hybridized carbons (Fsp3) is 1.00. The highest BCUT2D eigenvalue weighted by molar-refractivity contribution is 4.88. The summed E-state index contributed by atoms with van der Waals surface area (Å²) >= 11 is 0. The number of ether oxygens (including phenoxy) is 1. The maximum absolute atomic E-state index is 5.52. The van der Waals surface area contributed by atoms with Crippen LogP contribution in [0.25, 0.3) is 0 Å². The molecule has 1 aliphatic carbocycles. The molecule has 1 saturated carbocycles. The molecule has 0 amide bonds. The summed E-state index contributed by atoms with van der Waals surface area (Å²) in [6.45, 7) is 6.70. The molecule has 2 rings (SSSR count). The van der Waals surface area contributed by atoms with Crippen LogP contribution in [-0.4, -0.2) is 25.3 Å². The lowest BCUT2D eigenvalue weighted by Gasteiger charge is -2.26. The molecule has 0 aromatic rings. The smallest absolute Gasteiger partial charge is 0.0480 e. The molecule has 0 bridgehead atoms. The molecule has 1 saturated heterocycles. The summed E-state index contributed by atoms with van der Waals surface area (Å²) in [6, 6.07) is 1.48. The fourth-order valence-electron chi connectivity index (χ4n) is 3.43. The third-order valence-corrected chi connectivity index (χ3v) is 4.65. The third kappa shape index (κ3) is 2.98. The summed E-state index contributed by atoms with van der Waals surface area (Å²) in [5.74, 6) is 1.83. The zero-order chi connectivity index (χ0) is 11.4. The lowest BCUT2D eigenvalue weighted by Crippen LogP contribution is -2.40. The Kier molecular flexibility index (Phi) is 4.66. The zero-order valence-corrected chi connectivity index (χ0v) is 10.9. The molecule has 0 radical (unpaired) electrons. The normalized spacial score (nSPS) is 40.9. The first kappa shape index (κ1) is 12.4. The zero-order valence-electron chi connectivity index (χ0n) is 10.9. The van der Waals surface area contributed by atoms with Crippen molar-refractivity contribution in [3.8, 4) is 0 Å². The Balaban J connectivity index is 1.80. The van der Waals surface area contributed by atoms with Crippen LogP contribution in [0.2, 0.25) is 0 Å². The molecule has 4 atom stereocenters. The maximum atomic E-state index is 5.52. The van der Waals surface area contributed by atoms with Gasteiger partial charge in [0, 0.05) is 25.3 Å². The van der Waals surface area contributed by atoms with Gasteiger partial charge in [-0.1, -0.05) is 20.3 Å². The van der Waals surface area contributed by atoms with E-state index in [1.807, 2.05) is 0 Å². The predicted octanol–water partition coefficient (Wildman–Crippen LogP) is 2.97. The lowest BCUT2D eigenvalue weighted by atomic mass is 9.93. The van der Waals surface area contributed by atoms with Crippen LogP contribution >= 0.6 is 0 Å². The van der Waals surface area contributed by atoms with Crippen molar-refractivity contribution in [2.45, 2.75) is 64.5 Å². The highest BCUT2D eigenvalue weighted by Gasteiger charge is 2.32. The number of nitrogens with one attached hydrogen (secondary N) is 1. The standard InChI is InChI=1S/C14H27NO/c1-3-12-6-7-14(11(12)2)15-13-5-4-9-16-10-8-13/h11-15H,3-10H2,1-2H3. The van der Waals surface area contributed by atoms with Gasteiger partial charge < -0.3 is 10.1 Å². The maximum Gasteiger partial charge on any atom is 0.0480 e. The molecule has 1 aliphatic heterocycles. The van der Waals surface area contributed by atoms with Crippen molar-refractivity contribution >= 4 is 0 Å². The minimum absolute atomic E-state index is 0.713. The van der Waals surface area contributed by atoms with E-state index in [0.717, 1.165) is 31.1 Å². The van der Waals surface area contributed by atoms with Gasteiger partial charge in [0.1, 0.15) is 0 Å². The average molecular weight is 225 g/mol. The first-order valence-electron chi connectivity index (χ1n) is 7.15. The van der Waals surface area contributed by atoms with Gasteiger partial charge in [0.05, 0.1) is 0 Å². The molecule has 2 heteroatoms. The summed E-state index contributed by atoms with van der Waals surface area (Å²) in [4.78, 5) is 0. The Morgan fingerprint density at radius 1 is 1.12 bits per heavy atom. The fourth-order valence-corrected chi connectivity index (χ4v) is 3.43. The molecule has 0 aromatic heterocycles. The lowest BCUT2D eigenvalue weighted by molar-refractivity contribution is 0.142. The molecule has 0 aromatic carbocycles. The van der Waals surface area contributed by atoms with Crippen molar-refractivity contribution in [2.24, 2.45) is 11.8 Å². The van der Waals surface area contributed by atoms with E-state index in [1.54, 1.807) is 0 Å². The van der Waals surface area contributed by atoms with Crippen LogP contribution < -0.4 is 5.32 Å². The van der Waals surface area contributed by atoms with Crippen LogP contribution in [0.1, 0.15) is 52.4 Å². The number of hydrogen-bond donors (Lipinski definition) is 1. The van der Waals surface area contributed by atoms with E-state index < -0.39 is 0 Å². The van der Waals surface area contributed by atoms with Gasteiger partial charge in [0.25, 0.3) is 0 Å². The molecule has 0 spiro atoms. The van der Waals surface area contributed by atoms with Crippen molar-refractivity contribution in [3.05, 3.63) is 0 Å². The Labute approximate surface area is 100 Å². The summed E-state index contributed by atoms with van der Waals surface area (Å²) < 4.78 is 5.52. The minimum atomic E-state index is 0.713. The summed E-state index contributed by atoms with van der Waals surface area (Å²) in [5, 5.41) is 3.89. The third-order valence-electron chi connectivity index (χ3n) is 4.65. The van der Waals surface area contributed by atoms with Crippen molar-refractivity contribution in [2.75, 3.05) is 13.2 Å². The van der Waals surface area contributed by atoms with Crippen molar-refractivity contribution in [1.82, 2.24) is 5.32 Å². The summed E-state index contributed by atoms with van der Waals surface area (Å²) in [7, 11) is 0. The van der Waals surface area contributed by atoms with Gasteiger partial charge in [0.2, 0.25) is 0 Å². The number of rotatable bonds is 3. The SMILES string of the molecule is CCC1CCC(NC2CCCOCC2)C1C. The van der Waals surface area contributed by atoms with E-state index in [0.29, 0.717) is 6.04 Å². The van der Waals surface area contributed by atoms with Crippen LogP contribution in [0, 0.1) is 11.8 Å². The van der Waals surface area contributed by atoms with Crippen LogP contribution in [0.5, 0.6) is 0 Å². The van der Waals surface area contributed by atoms with Crippen LogP contribution in [0.4, 0.5) is 0 Å². The molecule has 94 valence electrons. The molecule has 4 unspecified atom stereocenters. The Bertz CT molecular complexity index is 199. The first-order valence-corrected chi connectivity index (χ1v) is 7.15. The van der Waals surface area contributed by atoms with E-state index in [-0.39, 0.29) is 0 Å². The van der Waals surface area contributed by atoms with Gasteiger partial charge in [-0.2, -0.15) is 0 Å². The van der Waals surface area contributed by atoms with Gasteiger partial charge >= 0.3 is 0 Å². The van der Waals surface area contributed by atoms with Crippen molar-refractivity contribution < 1.29 is 4.74 Å². The van der Waals surface area contributed by atoms with Gasteiger partial charge in [-0.3, -0.25) is 0 Å². The van der Waals surface area contributed by atoms with Gasteiger partial charge in [-0.05, 0) is 43.9 Å². The average Bonchev–Trinajstić information content (AvgIpc) is 2.52. The topological polar surface area (TPSA) is 21.3 Å². The largest absolute Gasteiger partial charge is 0.381 e. The quantitative estimate of drug-likeness (QED) is 0.797. The summed E-state index contributed by atoms with van der Waals surface area (Å²) in [5.41, 5.74) is 0. The van der Waals surface area contributed by atoms with Gasteiger partial charge in [-0.15, -0.1) is 0 Å². The highest BCUT2D eigenvalue weighted by Crippen LogP contribution is 2.34. The van der Waals surface area contributed by atoms with Crippen LogP contribution in [0.15, 0.2) is 0 Å². The Morgan fingerprint density at radius 2 is 2.00 bits per heavy atom. The predicted molar refractivity (Wildman–Crippen MR) is 67.6 cm³/mol. The van der Waals surface area contributed by atoms with Gasteiger partial charge in [0.15, 0.2) is 0 Å². The van der Waals surface area contributed by atoms with E-state index in [4.69, 9.17) is 4.74 Å². The van der Waals surface area contributed by atoms with E-state index in [2.05, 4.69) is 19.2 Å². The minimum Gasteiger partial charge on any atom is -0.381 e. The highest BCUT2D eigenvalue weighted by atomic mass is 16.5. The first-order chi connectivity index (χ1) is 7.81. The molecular formula is C14H27NO. The van der Waals surface area contributed by atoms with Crippen LogP contribution in [0.3, 0.4) is 0 Å². The molecule has 2 aliphatic rings. The Hall–Kier alpha value is -0.0800. The molecule has 1 N–H and O–H groups in total. The monoisotopic (exact) mass is 225 g/mol. The second kappa shape index (κ2) is 6.02. The number of hydrogen-bond acceptors (Lipinski definition) is 2. The van der Waals surface area contributed by atoms with Crippen molar-refractivity contribution in [3.63, 3.8) is 0 Å². The van der Waals surface area contributed by atoms with E-state index in [9.17, 15) is 0 Å². The van der Waals surface area contributed by atoms with E-state index >= 15 is 0 Å². The molecule has 2 nitrogen and oxygen atoms in total. The molecular weight excluding hydrogens is 198 g/mol. The molecule has 1 heterocycles. The van der Waals surface area contributed by atoms with Crippen molar-refractivity contribution in [1.29, 1.82) is 0 Å². The molecule has 2 fully saturated rings. The second-order valence-electron chi connectivity index (χ2n) is 5.62. The second-order valence-corrected chi connectivity index (χ2v) is 5.62. The molecule has 16 heavy (non-hydrogen) atoms. The van der Waals surface area contributed by atoms with Gasteiger partial charge in [-0.25, -0.2) is 0 Å². The summed E-state index contributed by atoms with van der Waals surface area (Å²) in [6.07, 6.45) is 7.92. The van der Waals surface area contributed by atoms with E-state index in [1.165, 1.54) is 38.5 Å². The van der Waals surface area contributed by atoms with Crippen LogP contribution in [-0.2, 0) is 4.74 Å².